The zero-order valence-corrected chi connectivity index (χ0v) is 11.7. The van der Waals surface area contributed by atoms with Crippen LogP contribution >= 0.6 is 0 Å². The summed E-state index contributed by atoms with van der Waals surface area (Å²) in [5.41, 5.74) is 6.13. The summed E-state index contributed by atoms with van der Waals surface area (Å²) in [4.78, 5) is 11.6. The number of ether oxygens (including phenoxy) is 1. The first-order chi connectivity index (χ1) is 10.1. The lowest BCUT2D eigenvalue weighted by Crippen LogP contribution is -2.10. The molecule has 4 heteroatoms. The Morgan fingerprint density at radius 1 is 1.14 bits per heavy atom. The molecule has 21 heavy (non-hydrogen) atoms. The number of nitrogens with one attached hydrogen (secondary N) is 1. The van der Waals surface area contributed by atoms with E-state index in [-0.39, 0.29) is 5.84 Å². The van der Waals surface area contributed by atoms with Crippen molar-refractivity contribution in [2.24, 2.45) is 5.73 Å². The number of carbonyl (C=O) groups excluding carboxylic acids is 1. The van der Waals surface area contributed by atoms with Gasteiger partial charge in [0.1, 0.15) is 11.6 Å². The number of allylic oxidation sites excluding steroid dienone is 3. The SMILES string of the molecule is C/C=C/C=C/C(=O)Oc1ccc2cc(C(=N)N)ccc2c1. The zero-order chi connectivity index (χ0) is 15.2. The lowest BCUT2D eigenvalue weighted by atomic mass is 10.1. The Balaban J connectivity index is 2.21. The summed E-state index contributed by atoms with van der Waals surface area (Å²) < 4.78 is 5.22. The molecule has 0 aliphatic rings. The topological polar surface area (TPSA) is 76.2 Å². The van der Waals surface area contributed by atoms with Gasteiger partial charge in [0.2, 0.25) is 0 Å². The maximum absolute atomic E-state index is 11.6. The van der Waals surface area contributed by atoms with Gasteiger partial charge in [-0.05, 0) is 35.9 Å². The van der Waals surface area contributed by atoms with Crippen LogP contribution in [0, 0.1) is 5.41 Å². The fourth-order valence-corrected chi connectivity index (χ4v) is 1.85. The van der Waals surface area contributed by atoms with Crippen molar-refractivity contribution in [1.29, 1.82) is 5.41 Å². The molecule has 3 N–H and O–H groups in total. The molecule has 0 heterocycles. The van der Waals surface area contributed by atoms with E-state index in [2.05, 4.69) is 0 Å². The van der Waals surface area contributed by atoms with E-state index in [1.807, 2.05) is 31.2 Å². The highest BCUT2D eigenvalue weighted by molar-refractivity contribution is 5.99. The smallest absolute Gasteiger partial charge is 0.336 e. The van der Waals surface area contributed by atoms with Gasteiger partial charge in [-0.3, -0.25) is 5.41 Å². The van der Waals surface area contributed by atoms with Crippen molar-refractivity contribution in [3.63, 3.8) is 0 Å². The van der Waals surface area contributed by atoms with Gasteiger partial charge in [0, 0.05) is 11.6 Å². The molecule has 0 unspecified atom stereocenters. The number of benzene rings is 2. The largest absolute Gasteiger partial charge is 0.423 e. The van der Waals surface area contributed by atoms with Crippen LogP contribution in [0.3, 0.4) is 0 Å². The molecule has 0 saturated carbocycles. The standard InChI is InChI=1S/C17H16N2O2/c1-2-3-4-5-16(20)21-15-9-8-12-10-14(17(18)19)7-6-13(12)11-15/h2-11H,1H3,(H3,18,19)/b3-2+,5-4+. The minimum absolute atomic E-state index is 0.0292. The van der Waals surface area contributed by atoms with Crippen molar-refractivity contribution >= 4 is 22.6 Å². The van der Waals surface area contributed by atoms with Gasteiger partial charge in [0.15, 0.2) is 0 Å². The van der Waals surface area contributed by atoms with Crippen molar-refractivity contribution in [3.8, 4) is 5.75 Å². The monoisotopic (exact) mass is 280 g/mol. The van der Waals surface area contributed by atoms with Crippen LogP contribution in [0.25, 0.3) is 10.8 Å². The first kappa shape index (κ1) is 14.5. The lowest BCUT2D eigenvalue weighted by Gasteiger charge is -2.05. The quantitative estimate of drug-likeness (QED) is 0.225. The molecule has 0 atom stereocenters. The molecule has 4 nitrogen and oxygen atoms in total. The molecule has 0 saturated heterocycles. The normalized spacial score (nSPS) is 11.3. The predicted molar refractivity (Wildman–Crippen MR) is 84.6 cm³/mol. The third-order valence-corrected chi connectivity index (χ3v) is 2.88. The summed E-state index contributed by atoms with van der Waals surface area (Å²) in [6.07, 6.45) is 6.57. The maximum Gasteiger partial charge on any atom is 0.336 e. The first-order valence-electron chi connectivity index (χ1n) is 6.49. The van der Waals surface area contributed by atoms with E-state index in [1.165, 1.54) is 6.08 Å². The van der Waals surface area contributed by atoms with Gasteiger partial charge in [-0.1, -0.05) is 36.4 Å². The summed E-state index contributed by atoms with van der Waals surface area (Å²) in [7, 11) is 0. The molecule has 2 aromatic rings. The number of carbonyl (C=O) groups is 1. The molecule has 2 aromatic carbocycles. The van der Waals surface area contributed by atoms with Crippen molar-refractivity contribution in [3.05, 3.63) is 66.3 Å². The van der Waals surface area contributed by atoms with Crippen molar-refractivity contribution in [2.75, 3.05) is 0 Å². The van der Waals surface area contributed by atoms with Crippen molar-refractivity contribution in [1.82, 2.24) is 0 Å². The molecule has 0 fully saturated rings. The van der Waals surface area contributed by atoms with Crippen LogP contribution in [0.2, 0.25) is 0 Å². The minimum Gasteiger partial charge on any atom is -0.423 e. The third kappa shape index (κ3) is 3.79. The van der Waals surface area contributed by atoms with Gasteiger partial charge in [-0.2, -0.15) is 0 Å². The molecule has 106 valence electrons. The molecule has 2 rings (SSSR count). The Labute approximate surface area is 123 Å². The number of nitrogen functional groups attached to an aromatic ring is 1. The van der Waals surface area contributed by atoms with Crippen LogP contribution in [0.4, 0.5) is 0 Å². The van der Waals surface area contributed by atoms with E-state index < -0.39 is 5.97 Å². The van der Waals surface area contributed by atoms with Gasteiger partial charge in [-0.15, -0.1) is 0 Å². The van der Waals surface area contributed by atoms with E-state index in [0.29, 0.717) is 11.3 Å². The second-order valence-electron chi connectivity index (χ2n) is 4.44. The van der Waals surface area contributed by atoms with Crippen LogP contribution < -0.4 is 10.5 Å². The van der Waals surface area contributed by atoms with Crippen LogP contribution in [0.5, 0.6) is 5.75 Å². The van der Waals surface area contributed by atoms with E-state index >= 15 is 0 Å². The fourth-order valence-electron chi connectivity index (χ4n) is 1.85. The van der Waals surface area contributed by atoms with E-state index in [9.17, 15) is 4.79 Å². The second kappa shape index (κ2) is 6.52. The van der Waals surface area contributed by atoms with Crippen LogP contribution in [0.1, 0.15) is 12.5 Å². The van der Waals surface area contributed by atoms with Gasteiger partial charge >= 0.3 is 5.97 Å². The molecule has 0 bridgehead atoms. The number of hydrogen-bond donors (Lipinski definition) is 2. The van der Waals surface area contributed by atoms with Crippen LogP contribution in [-0.4, -0.2) is 11.8 Å². The Morgan fingerprint density at radius 3 is 2.57 bits per heavy atom. The molecule has 0 amide bonds. The Morgan fingerprint density at radius 2 is 1.86 bits per heavy atom. The summed E-state index contributed by atoms with van der Waals surface area (Å²) in [6, 6.07) is 10.8. The number of esters is 1. The maximum atomic E-state index is 11.6. The lowest BCUT2D eigenvalue weighted by molar-refractivity contribution is -0.128. The number of nitrogens with two attached hydrogens (primary N) is 1. The molecule has 0 aromatic heterocycles. The Hall–Kier alpha value is -2.88. The Kier molecular flexibility index (Phi) is 4.51. The molecule has 0 radical (unpaired) electrons. The Bertz CT molecular complexity index is 746. The highest BCUT2D eigenvalue weighted by Gasteiger charge is 2.03. The molecule has 0 aliphatic heterocycles. The highest BCUT2D eigenvalue weighted by Crippen LogP contribution is 2.22. The molecular weight excluding hydrogens is 264 g/mol. The predicted octanol–water partition coefficient (Wildman–Crippen LogP) is 3.16. The highest BCUT2D eigenvalue weighted by atomic mass is 16.5. The fraction of sp³-hybridized carbons (Fsp3) is 0.0588. The average Bonchev–Trinajstić information content (AvgIpc) is 2.46. The molecular formula is C17H16N2O2. The van der Waals surface area contributed by atoms with E-state index in [0.717, 1.165) is 10.8 Å². The molecule has 0 aliphatic carbocycles. The average molecular weight is 280 g/mol. The summed E-state index contributed by atoms with van der Waals surface area (Å²) in [6.45, 7) is 1.87. The van der Waals surface area contributed by atoms with Gasteiger partial charge in [0.25, 0.3) is 0 Å². The third-order valence-electron chi connectivity index (χ3n) is 2.88. The van der Waals surface area contributed by atoms with Crippen LogP contribution in [0.15, 0.2) is 60.7 Å². The van der Waals surface area contributed by atoms with Gasteiger partial charge in [-0.25, -0.2) is 4.79 Å². The van der Waals surface area contributed by atoms with Gasteiger partial charge < -0.3 is 10.5 Å². The minimum atomic E-state index is -0.423. The number of amidine groups is 1. The van der Waals surface area contributed by atoms with E-state index in [4.69, 9.17) is 15.9 Å². The summed E-state index contributed by atoms with van der Waals surface area (Å²) in [5, 5.41) is 9.28. The van der Waals surface area contributed by atoms with E-state index in [1.54, 1.807) is 30.4 Å². The summed E-state index contributed by atoms with van der Waals surface area (Å²) >= 11 is 0. The second-order valence-corrected chi connectivity index (χ2v) is 4.44. The summed E-state index contributed by atoms with van der Waals surface area (Å²) in [5.74, 6) is 0.0857. The number of fused-ring (bicyclic) bond motifs is 1. The zero-order valence-electron chi connectivity index (χ0n) is 11.7. The first-order valence-corrected chi connectivity index (χ1v) is 6.49. The number of hydrogen-bond acceptors (Lipinski definition) is 3. The van der Waals surface area contributed by atoms with Crippen LogP contribution in [-0.2, 0) is 4.79 Å². The van der Waals surface area contributed by atoms with Gasteiger partial charge in [0.05, 0.1) is 0 Å². The number of rotatable bonds is 4. The van der Waals surface area contributed by atoms with Crippen molar-refractivity contribution in [2.45, 2.75) is 6.92 Å². The molecule has 0 spiro atoms. The van der Waals surface area contributed by atoms with Crippen molar-refractivity contribution < 1.29 is 9.53 Å².